The van der Waals surface area contributed by atoms with Crippen LogP contribution in [0.2, 0.25) is 0 Å². The fraction of sp³-hybridized carbons (Fsp3) is 0. The molecule has 1 heterocycles. The molecular formula is C19H14BN3O2S. The third-order valence-corrected chi connectivity index (χ3v) is 3.54. The maximum Gasteiger partial charge on any atom is 0.257 e. The van der Waals surface area contributed by atoms with E-state index in [2.05, 4.69) is 15.6 Å². The van der Waals surface area contributed by atoms with Crippen molar-refractivity contribution in [3.63, 3.8) is 0 Å². The molecule has 126 valence electrons. The number of para-hydroxylation sites is 1. The van der Waals surface area contributed by atoms with Gasteiger partial charge in [-0.3, -0.25) is 10.1 Å². The number of rotatable bonds is 4. The summed E-state index contributed by atoms with van der Waals surface area (Å²) < 4.78 is 5.80. The maximum absolute atomic E-state index is 12.2. The molecule has 0 aliphatic heterocycles. The van der Waals surface area contributed by atoms with Gasteiger partial charge in [-0.05, 0) is 42.5 Å². The van der Waals surface area contributed by atoms with Crippen LogP contribution < -0.4 is 20.8 Å². The standard InChI is InChI=1S/C19H14BN3O2S/c20-14-11-16(25-15-9-5-2-6-10-15)17(21-12-14)22-19(26)23-18(24)13-7-3-1-4-8-13/h1-12H,(H2,21,22,23,24,26). The number of hydrogen-bond acceptors (Lipinski definition) is 4. The van der Waals surface area contributed by atoms with Crippen molar-refractivity contribution in [2.45, 2.75) is 0 Å². The zero-order valence-corrected chi connectivity index (χ0v) is 14.5. The molecule has 2 radical (unpaired) electrons. The lowest BCUT2D eigenvalue weighted by Crippen LogP contribution is -2.34. The Kier molecular flexibility index (Phi) is 5.61. The Hall–Kier alpha value is -3.19. The average Bonchev–Trinajstić information content (AvgIpc) is 2.65. The quantitative estimate of drug-likeness (QED) is 0.554. The molecule has 0 unspecified atom stereocenters. The summed E-state index contributed by atoms with van der Waals surface area (Å²) in [6.07, 6.45) is 1.47. The van der Waals surface area contributed by atoms with E-state index in [-0.39, 0.29) is 11.0 Å². The van der Waals surface area contributed by atoms with E-state index in [1.165, 1.54) is 6.20 Å². The minimum atomic E-state index is -0.316. The fourth-order valence-corrected chi connectivity index (χ4v) is 2.34. The minimum Gasteiger partial charge on any atom is -0.453 e. The summed E-state index contributed by atoms with van der Waals surface area (Å²) in [5, 5.41) is 5.58. The molecule has 0 saturated heterocycles. The Bertz CT molecular complexity index is 921. The highest BCUT2D eigenvalue weighted by molar-refractivity contribution is 7.80. The lowest BCUT2D eigenvalue weighted by molar-refractivity contribution is 0.0977. The Labute approximate surface area is 157 Å². The molecule has 0 aliphatic rings. The third-order valence-electron chi connectivity index (χ3n) is 3.34. The molecule has 1 aromatic heterocycles. The highest BCUT2D eigenvalue weighted by atomic mass is 32.1. The first-order chi connectivity index (χ1) is 12.6. The molecule has 0 bridgehead atoms. The lowest BCUT2D eigenvalue weighted by atomic mass is 9.99. The Morgan fingerprint density at radius 2 is 1.69 bits per heavy atom. The van der Waals surface area contributed by atoms with Crippen molar-refractivity contribution >= 4 is 42.4 Å². The van der Waals surface area contributed by atoms with Crippen LogP contribution in [0.3, 0.4) is 0 Å². The van der Waals surface area contributed by atoms with Crippen LogP contribution in [-0.2, 0) is 0 Å². The number of ether oxygens (including phenoxy) is 1. The van der Waals surface area contributed by atoms with Gasteiger partial charge in [0.2, 0.25) is 0 Å². The molecule has 0 aliphatic carbocycles. The monoisotopic (exact) mass is 359 g/mol. The van der Waals surface area contributed by atoms with Crippen molar-refractivity contribution in [2.75, 3.05) is 5.32 Å². The van der Waals surface area contributed by atoms with E-state index in [0.717, 1.165) is 0 Å². The SMILES string of the molecule is [B]c1cnc(NC(=S)NC(=O)c2ccccc2)c(Oc2ccccc2)c1. The second-order valence-corrected chi connectivity index (χ2v) is 5.71. The first-order valence-electron chi connectivity index (χ1n) is 7.77. The molecular weight excluding hydrogens is 345 g/mol. The Morgan fingerprint density at radius 3 is 2.38 bits per heavy atom. The number of carbonyl (C=O) groups excluding carboxylic acids is 1. The average molecular weight is 359 g/mol. The highest BCUT2D eigenvalue weighted by Gasteiger charge is 2.12. The van der Waals surface area contributed by atoms with Crippen LogP contribution in [0.15, 0.2) is 72.9 Å². The van der Waals surface area contributed by atoms with Crippen LogP contribution in [-0.4, -0.2) is 23.8 Å². The maximum atomic E-state index is 12.2. The number of nitrogens with zero attached hydrogens (tertiary/aromatic N) is 1. The summed E-state index contributed by atoms with van der Waals surface area (Å²) in [7, 11) is 5.80. The molecule has 7 heteroatoms. The van der Waals surface area contributed by atoms with Gasteiger partial charge in [0.25, 0.3) is 5.91 Å². The minimum absolute atomic E-state index is 0.106. The van der Waals surface area contributed by atoms with Crippen LogP contribution in [0.1, 0.15) is 10.4 Å². The van der Waals surface area contributed by atoms with E-state index >= 15 is 0 Å². The smallest absolute Gasteiger partial charge is 0.257 e. The first-order valence-corrected chi connectivity index (χ1v) is 8.18. The summed E-state index contributed by atoms with van der Waals surface area (Å²) in [5.41, 5.74) is 0.948. The normalized spacial score (nSPS) is 10.0. The van der Waals surface area contributed by atoms with Gasteiger partial charge in [-0.25, -0.2) is 4.98 Å². The number of aromatic nitrogens is 1. The second-order valence-electron chi connectivity index (χ2n) is 5.30. The molecule has 3 rings (SSSR count). The number of carbonyl (C=O) groups is 1. The van der Waals surface area contributed by atoms with Crippen molar-refractivity contribution < 1.29 is 9.53 Å². The van der Waals surface area contributed by atoms with E-state index in [1.807, 2.05) is 36.4 Å². The van der Waals surface area contributed by atoms with E-state index in [4.69, 9.17) is 24.8 Å². The van der Waals surface area contributed by atoms with Gasteiger partial charge in [0.05, 0.1) is 0 Å². The number of pyridine rings is 1. The van der Waals surface area contributed by atoms with Gasteiger partial charge in [0.15, 0.2) is 16.7 Å². The van der Waals surface area contributed by atoms with Crippen molar-refractivity contribution in [1.82, 2.24) is 10.3 Å². The fourth-order valence-electron chi connectivity index (χ4n) is 2.15. The number of hydrogen-bond donors (Lipinski definition) is 2. The number of anilines is 1. The summed E-state index contributed by atoms with van der Waals surface area (Å²) in [6, 6.07) is 19.6. The Balaban J connectivity index is 1.73. The van der Waals surface area contributed by atoms with Gasteiger partial charge in [-0.15, -0.1) is 0 Å². The summed E-state index contributed by atoms with van der Waals surface area (Å²) >= 11 is 5.20. The van der Waals surface area contributed by atoms with Crippen molar-refractivity contribution in [2.24, 2.45) is 0 Å². The van der Waals surface area contributed by atoms with Gasteiger partial charge in [-0.1, -0.05) is 41.9 Å². The van der Waals surface area contributed by atoms with Gasteiger partial charge in [0, 0.05) is 11.8 Å². The molecule has 1 amide bonds. The van der Waals surface area contributed by atoms with Crippen LogP contribution in [0.25, 0.3) is 0 Å². The number of amides is 1. The predicted molar refractivity (Wildman–Crippen MR) is 106 cm³/mol. The largest absolute Gasteiger partial charge is 0.453 e. The van der Waals surface area contributed by atoms with Crippen LogP contribution in [0.4, 0.5) is 5.82 Å². The van der Waals surface area contributed by atoms with Crippen molar-refractivity contribution in [3.05, 3.63) is 78.5 Å². The lowest BCUT2D eigenvalue weighted by Gasteiger charge is -2.14. The van der Waals surface area contributed by atoms with Gasteiger partial charge in [0.1, 0.15) is 13.6 Å². The topological polar surface area (TPSA) is 63.2 Å². The van der Waals surface area contributed by atoms with Crippen LogP contribution in [0, 0.1) is 0 Å². The van der Waals surface area contributed by atoms with Crippen molar-refractivity contribution in [1.29, 1.82) is 0 Å². The summed E-state index contributed by atoms with van der Waals surface area (Å²) in [4.78, 5) is 16.4. The van der Waals surface area contributed by atoms with Gasteiger partial charge in [-0.2, -0.15) is 0 Å². The number of benzene rings is 2. The molecule has 0 atom stereocenters. The molecule has 0 saturated carbocycles. The van der Waals surface area contributed by atoms with Crippen LogP contribution in [0.5, 0.6) is 11.5 Å². The first kappa shape index (κ1) is 17.6. The molecule has 3 aromatic rings. The summed E-state index contributed by atoms with van der Waals surface area (Å²) in [6.45, 7) is 0. The van der Waals surface area contributed by atoms with Crippen molar-refractivity contribution in [3.8, 4) is 11.5 Å². The molecule has 5 nitrogen and oxygen atoms in total. The van der Waals surface area contributed by atoms with Crippen LogP contribution >= 0.6 is 12.2 Å². The molecule has 0 spiro atoms. The van der Waals surface area contributed by atoms with E-state index in [9.17, 15) is 4.79 Å². The van der Waals surface area contributed by atoms with Gasteiger partial charge >= 0.3 is 0 Å². The predicted octanol–water partition coefficient (Wildman–Crippen LogP) is 2.79. The Morgan fingerprint density at radius 1 is 1.04 bits per heavy atom. The zero-order valence-electron chi connectivity index (χ0n) is 13.7. The number of nitrogens with one attached hydrogen (secondary N) is 2. The third kappa shape index (κ3) is 4.67. The number of thiocarbonyl (C=S) groups is 1. The zero-order chi connectivity index (χ0) is 18.4. The molecule has 0 fully saturated rings. The summed E-state index contributed by atoms with van der Waals surface area (Å²) in [5.74, 6) is 1.06. The van der Waals surface area contributed by atoms with E-state index in [1.54, 1.807) is 30.3 Å². The molecule has 2 aromatic carbocycles. The molecule has 26 heavy (non-hydrogen) atoms. The highest BCUT2D eigenvalue weighted by Crippen LogP contribution is 2.26. The van der Waals surface area contributed by atoms with E-state index < -0.39 is 0 Å². The molecule has 2 N–H and O–H groups in total. The van der Waals surface area contributed by atoms with E-state index in [0.29, 0.717) is 28.3 Å². The van der Waals surface area contributed by atoms with Gasteiger partial charge < -0.3 is 10.1 Å². The second kappa shape index (κ2) is 8.27.